The highest BCUT2D eigenvalue weighted by atomic mass is 19.2. The van der Waals surface area contributed by atoms with Gasteiger partial charge in [-0.3, -0.25) is 0 Å². The molecule has 0 radical (unpaired) electrons. The van der Waals surface area contributed by atoms with Crippen LogP contribution >= 0.6 is 0 Å². The third-order valence-electron chi connectivity index (χ3n) is 3.66. The predicted molar refractivity (Wildman–Crippen MR) is 80.5 cm³/mol. The van der Waals surface area contributed by atoms with E-state index in [-0.39, 0.29) is 0 Å². The summed E-state index contributed by atoms with van der Waals surface area (Å²) in [6.07, 6.45) is 0. The summed E-state index contributed by atoms with van der Waals surface area (Å²) >= 11 is 0. The molecular weight excluding hydrogens is 288 g/mol. The van der Waals surface area contributed by atoms with Crippen LogP contribution in [0.2, 0.25) is 0 Å². The highest BCUT2D eigenvalue weighted by molar-refractivity contribution is 5.52. The lowest BCUT2D eigenvalue weighted by molar-refractivity contribution is 0.170. The summed E-state index contributed by atoms with van der Waals surface area (Å²) in [5.41, 5.74) is 1.60. The number of rotatable bonds is 4. The summed E-state index contributed by atoms with van der Waals surface area (Å²) < 4.78 is 37.8. The van der Waals surface area contributed by atoms with Crippen LogP contribution in [0.4, 0.5) is 14.5 Å². The second-order valence-corrected chi connectivity index (χ2v) is 5.05. The van der Waals surface area contributed by atoms with E-state index in [1.54, 1.807) is 6.07 Å². The Bertz CT molecular complexity index is 676. The summed E-state index contributed by atoms with van der Waals surface area (Å²) in [5, 5.41) is 0. The van der Waals surface area contributed by atoms with Crippen molar-refractivity contribution in [1.82, 2.24) is 0 Å². The SMILES string of the molecule is CCN(Cc1cccc2c1OCCO2)c1ccc(F)c(F)c1. The first-order valence-corrected chi connectivity index (χ1v) is 7.26. The molecule has 0 saturated carbocycles. The molecular formula is C17H17F2NO2. The molecule has 1 heterocycles. The Morgan fingerprint density at radius 1 is 1.05 bits per heavy atom. The van der Waals surface area contributed by atoms with Crippen LogP contribution in [0, 0.1) is 11.6 Å². The van der Waals surface area contributed by atoms with Gasteiger partial charge < -0.3 is 14.4 Å². The van der Waals surface area contributed by atoms with Crippen molar-refractivity contribution in [2.45, 2.75) is 13.5 Å². The zero-order chi connectivity index (χ0) is 15.5. The van der Waals surface area contributed by atoms with Crippen molar-refractivity contribution >= 4 is 5.69 Å². The molecule has 0 amide bonds. The fourth-order valence-corrected chi connectivity index (χ4v) is 2.53. The largest absolute Gasteiger partial charge is 0.486 e. The summed E-state index contributed by atoms with van der Waals surface area (Å²) in [7, 11) is 0. The van der Waals surface area contributed by atoms with Gasteiger partial charge in [-0.05, 0) is 25.1 Å². The van der Waals surface area contributed by atoms with Gasteiger partial charge in [0.1, 0.15) is 13.2 Å². The molecule has 2 aromatic rings. The van der Waals surface area contributed by atoms with E-state index in [9.17, 15) is 8.78 Å². The second-order valence-electron chi connectivity index (χ2n) is 5.05. The molecule has 0 unspecified atom stereocenters. The summed E-state index contributed by atoms with van der Waals surface area (Å²) in [6, 6.07) is 9.66. The number of fused-ring (bicyclic) bond motifs is 1. The molecule has 0 aromatic heterocycles. The minimum absolute atomic E-state index is 0.515. The molecule has 0 atom stereocenters. The zero-order valence-corrected chi connectivity index (χ0v) is 12.3. The standard InChI is InChI=1S/C17H17F2NO2/c1-2-20(13-6-7-14(18)15(19)10-13)11-12-4-3-5-16-17(12)22-9-8-21-16/h3-7,10H,2,8-9,11H2,1H3. The van der Waals surface area contributed by atoms with Crippen LogP contribution in [0.5, 0.6) is 11.5 Å². The molecule has 3 rings (SSSR count). The molecule has 5 heteroatoms. The van der Waals surface area contributed by atoms with Crippen molar-refractivity contribution in [2.24, 2.45) is 0 Å². The molecule has 3 nitrogen and oxygen atoms in total. The first kappa shape index (κ1) is 14.6. The zero-order valence-electron chi connectivity index (χ0n) is 12.3. The first-order chi connectivity index (χ1) is 10.7. The van der Waals surface area contributed by atoms with Crippen LogP contribution in [-0.2, 0) is 6.54 Å². The Balaban J connectivity index is 1.88. The van der Waals surface area contributed by atoms with E-state index < -0.39 is 11.6 Å². The highest BCUT2D eigenvalue weighted by Gasteiger charge is 2.18. The van der Waals surface area contributed by atoms with Crippen molar-refractivity contribution in [3.63, 3.8) is 0 Å². The van der Waals surface area contributed by atoms with Crippen LogP contribution in [0.15, 0.2) is 36.4 Å². The van der Waals surface area contributed by atoms with Gasteiger partial charge in [0.25, 0.3) is 0 Å². The Morgan fingerprint density at radius 3 is 2.64 bits per heavy atom. The normalized spacial score (nSPS) is 13.0. The fourth-order valence-electron chi connectivity index (χ4n) is 2.53. The van der Waals surface area contributed by atoms with Gasteiger partial charge in [0.2, 0.25) is 0 Å². The highest BCUT2D eigenvalue weighted by Crippen LogP contribution is 2.35. The summed E-state index contributed by atoms with van der Waals surface area (Å²) in [5.74, 6) is -0.223. The number of anilines is 1. The predicted octanol–water partition coefficient (Wildman–Crippen LogP) is 3.76. The lowest BCUT2D eigenvalue weighted by Crippen LogP contribution is -2.24. The smallest absolute Gasteiger partial charge is 0.166 e. The molecule has 0 spiro atoms. The minimum atomic E-state index is -0.842. The van der Waals surface area contributed by atoms with E-state index >= 15 is 0 Å². The Hall–Kier alpha value is -2.30. The molecule has 0 saturated heterocycles. The fraction of sp³-hybridized carbons (Fsp3) is 0.294. The van der Waals surface area contributed by atoms with Crippen LogP contribution in [0.3, 0.4) is 0 Å². The van der Waals surface area contributed by atoms with Crippen LogP contribution in [-0.4, -0.2) is 19.8 Å². The van der Waals surface area contributed by atoms with E-state index in [0.717, 1.165) is 23.1 Å². The summed E-state index contributed by atoms with van der Waals surface area (Å²) in [4.78, 5) is 1.95. The Kier molecular flexibility index (Phi) is 4.13. The number of hydrogen-bond acceptors (Lipinski definition) is 3. The Morgan fingerprint density at radius 2 is 1.86 bits per heavy atom. The van der Waals surface area contributed by atoms with Crippen LogP contribution in [0.1, 0.15) is 12.5 Å². The van der Waals surface area contributed by atoms with Crippen LogP contribution < -0.4 is 14.4 Å². The minimum Gasteiger partial charge on any atom is -0.486 e. The summed E-state index contributed by atoms with van der Waals surface area (Å²) in [6.45, 7) is 4.22. The average Bonchev–Trinajstić information content (AvgIpc) is 2.55. The lowest BCUT2D eigenvalue weighted by Gasteiger charge is -2.26. The number of nitrogens with zero attached hydrogens (tertiary/aromatic N) is 1. The molecule has 116 valence electrons. The molecule has 0 N–H and O–H groups in total. The topological polar surface area (TPSA) is 21.7 Å². The molecule has 0 aliphatic carbocycles. The number of halogens is 2. The van der Waals surface area contributed by atoms with E-state index in [0.29, 0.717) is 32.0 Å². The molecule has 1 aliphatic heterocycles. The Labute approximate surface area is 128 Å². The molecule has 1 aliphatic rings. The number of ether oxygens (including phenoxy) is 2. The van der Waals surface area contributed by atoms with Gasteiger partial charge in [-0.1, -0.05) is 12.1 Å². The third-order valence-corrected chi connectivity index (χ3v) is 3.66. The van der Waals surface area contributed by atoms with E-state index in [4.69, 9.17) is 9.47 Å². The molecule has 2 aromatic carbocycles. The molecule has 0 bridgehead atoms. The monoisotopic (exact) mass is 305 g/mol. The van der Waals surface area contributed by atoms with Gasteiger partial charge in [0.15, 0.2) is 23.1 Å². The van der Waals surface area contributed by atoms with E-state index in [1.165, 1.54) is 6.07 Å². The maximum Gasteiger partial charge on any atom is 0.166 e. The van der Waals surface area contributed by atoms with Gasteiger partial charge in [-0.15, -0.1) is 0 Å². The van der Waals surface area contributed by atoms with Crippen molar-refractivity contribution in [2.75, 3.05) is 24.7 Å². The number of para-hydroxylation sites is 1. The van der Waals surface area contributed by atoms with Crippen molar-refractivity contribution in [3.8, 4) is 11.5 Å². The van der Waals surface area contributed by atoms with E-state index in [2.05, 4.69) is 0 Å². The van der Waals surface area contributed by atoms with Gasteiger partial charge in [0.05, 0.1) is 0 Å². The van der Waals surface area contributed by atoms with Gasteiger partial charge in [-0.2, -0.15) is 0 Å². The van der Waals surface area contributed by atoms with Crippen LogP contribution in [0.25, 0.3) is 0 Å². The number of hydrogen-bond donors (Lipinski definition) is 0. The maximum absolute atomic E-state index is 13.4. The lowest BCUT2D eigenvalue weighted by atomic mass is 10.1. The van der Waals surface area contributed by atoms with Gasteiger partial charge in [0, 0.05) is 30.4 Å². The van der Waals surface area contributed by atoms with Gasteiger partial charge in [-0.25, -0.2) is 8.78 Å². The van der Waals surface area contributed by atoms with Crippen molar-refractivity contribution in [3.05, 3.63) is 53.6 Å². The quantitative estimate of drug-likeness (QED) is 0.858. The average molecular weight is 305 g/mol. The maximum atomic E-state index is 13.4. The second kappa shape index (κ2) is 6.22. The number of benzene rings is 2. The first-order valence-electron chi connectivity index (χ1n) is 7.26. The van der Waals surface area contributed by atoms with Gasteiger partial charge >= 0.3 is 0 Å². The molecule has 0 fully saturated rings. The van der Waals surface area contributed by atoms with Crippen molar-refractivity contribution in [1.29, 1.82) is 0 Å². The third kappa shape index (κ3) is 2.84. The van der Waals surface area contributed by atoms with E-state index in [1.807, 2.05) is 30.0 Å². The van der Waals surface area contributed by atoms with Crippen molar-refractivity contribution < 1.29 is 18.3 Å². The molecule has 22 heavy (non-hydrogen) atoms.